The molecule has 0 aliphatic heterocycles. The topological polar surface area (TPSA) is 20.7 Å². The average molecular weight is 343 g/mol. The third kappa shape index (κ3) is 2.50. The van der Waals surface area contributed by atoms with Gasteiger partial charge in [0, 0.05) is 12.6 Å². The van der Waals surface area contributed by atoms with Crippen molar-refractivity contribution in [3.63, 3.8) is 0 Å². The van der Waals surface area contributed by atoms with Gasteiger partial charge in [-0.2, -0.15) is 0 Å². The van der Waals surface area contributed by atoms with Crippen molar-refractivity contribution in [2.75, 3.05) is 0 Å². The van der Waals surface area contributed by atoms with E-state index >= 15 is 0 Å². The monoisotopic (exact) mass is 342 g/mol. The van der Waals surface area contributed by atoms with Gasteiger partial charge in [-0.3, -0.25) is 0 Å². The van der Waals surface area contributed by atoms with E-state index in [1.165, 1.54) is 25.3 Å². The number of hydrogen-bond donors (Lipinski definition) is 1. The summed E-state index contributed by atoms with van der Waals surface area (Å²) in [4.78, 5) is 3.10. The Bertz CT molecular complexity index is 676. The summed E-state index contributed by atoms with van der Waals surface area (Å²) in [5.41, 5.74) is 1.76. The summed E-state index contributed by atoms with van der Waals surface area (Å²) >= 11 is 8.62. The molecule has 3 rings (SSSR count). The fourth-order valence-electron chi connectivity index (χ4n) is 3.08. The van der Waals surface area contributed by atoms with Crippen LogP contribution in [0.2, 0.25) is 0 Å². The van der Waals surface area contributed by atoms with Gasteiger partial charge in [-0.05, 0) is 58.9 Å². The molecule has 102 valence electrons. The lowest BCUT2D eigenvalue weighted by Crippen LogP contribution is -2.08. The zero-order valence-electron chi connectivity index (χ0n) is 10.7. The second-order valence-corrected chi connectivity index (χ2v) is 6.85. The van der Waals surface area contributed by atoms with Gasteiger partial charge in [-0.15, -0.1) is 0 Å². The van der Waals surface area contributed by atoms with E-state index in [-0.39, 0.29) is 5.82 Å². The van der Waals surface area contributed by atoms with E-state index in [4.69, 9.17) is 12.2 Å². The molecule has 5 heteroatoms. The van der Waals surface area contributed by atoms with Gasteiger partial charge < -0.3 is 9.55 Å². The van der Waals surface area contributed by atoms with Crippen LogP contribution in [-0.4, -0.2) is 9.55 Å². The van der Waals surface area contributed by atoms with Gasteiger partial charge in [-0.1, -0.05) is 13.3 Å². The molecular formula is C14H16BrFN2S. The molecule has 0 radical (unpaired) electrons. The van der Waals surface area contributed by atoms with Crippen molar-refractivity contribution in [2.45, 2.75) is 32.7 Å². The van der Waals surface area contributed by atoms with E-state index in [1.54, 1.807) is 0 Å². The maximum atomic E-state index is 13.5. The lowest BCUT2D eigenvalue weighted by Gasteiger charge is -2.11. The number of halogens is 2. The average Bonchev–Trinajstić information content (AvgIpc) is 2.87. The highest BCUT2D eigenvalue weighted by Crippen LogP contribution is 2.32. The van der Waals surface area contributed by atoms with E-state index in [0.717, 1.165) is 23.5 Å². The summed E-state index contributed by atoms with van der Waals surface area (Å²) in [5, 5.41) is 0. The lowest BCUT2D eigenvalue weighted by atomic mass is 10.1. The molecule has 1 aromatic carbocycles. The Morgan fingerprint density at radius 3 is 2.95 bits per heavy atom. The molecule has 1 aliphatic rings. The van der Waals surface area contributed by atoms with Crippen molar-refractivity contribution >= 4 is 39.2 Å². The molecular weight excluding hydrogens is 327 g/mol. The zero-order valence-corrected chi connectivity index (χ0v) is 13.2. The standard InChI is InChI=1S/C14H16BrFN2S/c1-8-2-3-9(4-8)7-18-13-5-10(15)11(16)6-12(13)17-14(18)19/h5-6,8-9H,2-4,7H2,1H3,(H,17,19). The van der Waals surface area contributed by atoms with Crippen LogP contribution < -0.4 is 0 Å². The molecule has 0 bridgehead atoms. The molecule has 2 unspecified atom stereocenters. The number of nitrogens with one attached hydrogen (secondary N) is 1. The molecule has 1 aliphatic carbocycles. The minimum absolute atomic E-state index is 0.259. The largest absolute Gasteiger partial charge is 0.330 e. The number of aromatic amines is 1. The molecule has 1 N–H and O–H groups in total. The predicted octanol–water partition coefficient (Wildman–Crippen LogP) is 5.04. The summed E-state index contributed by atoms with van der Waals surface area (Å²) in [6, 6.07) is 3.32. The Balaban J connectivity index is 2.01. The van der Waals surface area contributed by atoms with Crippen molar-refractivity contribution in [3.8, 4) is 0 Å². The molecule has 0 spiro atoms. The number of nitrogens with zero attached hydrogens (tertiary/aromatic N) is 1. The van der Waals surface area contributed by atoms with Crippen molar-refractivity contribution < 1.29 is 4.39 Å². The van der Waals surface area contributed by atoms with Crippen LogP contribution in [0.1, 0.15) is 26.2 Å². The first-order chi connectivity index (χ1) is 9.04. The Hall–Kier alpha value is -0.680. The number of hydrogen-bond acceptors (Lipinski definition) is 1. The highest BCUT2D eigenvalue weighted by atomic mass is 79.9. The number of aromatic nitrogens is 2. The number of imidazole rings is 1. The molecule has 0 saturated heterocycles. The van der Waals surface area contributed by atoms with Crippen molar-refractivity contribution in [3.05, 3.63) is 27.2 Å². The first-order valence-electron chi connectivity index (χ1n) is 6.62. The Morgan fingerprint density at radius 2 is 2.26 bits per heavy atom. The van der Waals surface area contributed by atoms with Gasteiger partial charge in [0.05, 0.1) is 15.5 Å². The normalized spacial score (nSPS) is 23.3. The molecule has 19 heavy (non-hydrogen) atoms. The van der Waals surface area contributed by atoms with Crippen molar-refractivity contribution in [1.82, 2.24) is 9.55 Å². The van der Waals surface area contributed by atoms with Crippen LogP contribution >= 0.6 is 28.1 Å². The third-order valence-corrected chi connectivity index (χ3v) is 4.99. The quantitative estimate of drug-likeness (QED) is 0.758. The minimum atomic E-state index is -0.259. The Kier molecular flexibility index (Phi) is 3.52. The Labute approximate surface area is 125 Å². The Morgan fingerprint density at radius 1 is 1.47 bits per heavy atom. The number of H-pyrrole nitrogens is 1. The van der Waals surface area contributed by atoms with Gasteiger partial charge in [0.25, 0.3) is 0 Å². The summed E-state index contributed by atoms with van der Waals surface area (Å²) in [6.07, 6.45) is 3.83. The highest BCUT2D eigenvalue weighted by Gasteiger charge is 2.22. The summed E-state index contributed by atoms with van der Waals surface area (Å²) in [5.74, 6) is 1.24. The molecule has 2 aromatic rings. The number of rotatable bonds is 2. The molecule has 1 saturated carbocycles. The van der Waals surface area contributed by atoms with Crippen LogP contribution in [0.15, 0.2) is 16.6 Å². The van der Waals surface area contributed by atoms with Crippen LogP contribution in [0.3, 0.4) is 0 Å². The summed E-state index contributed by atoms with van der Waals surface area (Å²) < 4.78 is 16.8. The fraction of sp³-hybridized carbons (Fsp3) is 0.500. The van der Waals surface area contributed by atoms with Gasteiger partial charge in [0.15, 0.2) is 4.77 Å². The third-order valence-electron chi connectivity index (χ3n) is 4.06. The first-order valence-corrected chi connectivity index (χ1v) is 7.82. The van der Waals surface area contributed by atoms with Gasteiger partial charge in [0.1, 0.15) is 5.82 Å². The smallest absolute Gasteiger partial charge is 0.178 e. The number of fused-ring (bicyclic) bond motifs is 1. The fourth-order valence-corrected chi connectivity index (χ4v) is 3.70. The predicted molar refractivity (Wildman–Crippen MR) is 81.3 cm³/mol. The maximum absolute atomic E-state index is 13.5. The SMILES string of the molecule is CC1CCC(Cn2c(=S)[nH]c3cc(F)c(Br)cc32)C1. The first kappa shape index (κ1) is 13.3. The second kappa shape index (κ2) is 5.02. The van der Waals surface area contributed by atoms with Gasteiger partial charge in [-0.25, -0.2) is 4.39 Å². The van der Waals surface area contributed by atoms with E-state index in [0.29, 0.717) is 15.2 Å². The van der Waals surface area contributed by atoms with Crippen molar-refractivity contribution in [1.29, 1.82) is 0 Å². The van der Waals surface area contributed by atoms with Crippen LogP contribution in [0, 0.1) is 22.4 Å². The molecule has 1 fully saturated rings. The lowest BCUT2D eigenvalue weighted by molar-refractivity contribution is 0.444. The molecule has 0 amide bonds. The van der Waals surface area contributed by atoms with E-state index in [1.807, 2.05) is 6.07 Å². The van der Waals surface area contributed by atoms with Crippen LogP contribution in [0.4, 0.5) is 4.39 Å². The number of benzene rings is 1. The van der Waals surface area contributed by atoms with Gasteiger partial charge in [0.2, 0.25) is 0 Å². The summed E-state index contributed by atoms with van der Waals surface area (Å²) in [6.45, 7) is 3.24. The zero-order chi connectivity index (χ0) is 13.6. The molecule has 2 atom stereocenters. The molecule has 2 nitrogen and oxygen atoms in total. The highest BCUT2D eigenvalue weighted by molar-refractivity contribution is 9.10. The minimum Gasteiger partial charge on any atom is -0.330 e. The van der Waals surface area contributed by atoms with E-state index in [9.17, 15) is 4.39 Å². The van der Waals surface area contributed by atoms with Crippen LogP contribution in [0.25, 0.3) is 11.0 Å². The molecule has 1 heterocycles. The van der Waals surface area contributed by atoms with Crippen LogP contribution in [-0.2, 0) is 6.54 Å². The van der Waals surface area contributed by atoms with Crippen molar-refractivity contribution in [2.24, 2.45) is 11.8 Å². The molecule has 1 aromatic heterocycles. The summed E-state index contributed by atoms with van der Waals surface area (Å²) in [7, 11) is 0. The maximum Gasteiger partial charge on any atom is 0.178 e. The second-order valence-electron chi connectivity index (χ2n) is 5.61. The van der Waals surface area contributed by atoms with Crippen LogP contribution in [0.5, 0.6) is 0 Å². The van der Waals surface area contributed by atoms with E-state index in [2.05, 4.69) is 32.4 Å². The van der Waals surface area contributed by atoms with E-state index < -0.39 is 0 Å². The van der Waals surface area contributed by atoms with Gasteiger partial charge >= 0.3 is 0 Å².